The Morgan fingerprint density at radius 3 is 2.64 bits per heavy atom. The average molecular weight is 332 g/mol. The van der Waals surface area contributed by atoms with Gasteiger partial charge in [0.2, 0.25) is 10.0 Å². The standard InChI is InChI=1S/C13H20N2O6S/c1-9(8-21-2)15-22(19,20)10-3-4-12(14-5-6-16)11(7-10)13(17)18/h3-4,7,9,14-16H,5-6,8H2,1-2H3,(H,17,18)/t9-/m1/s1. The van der Waals surface area contributed by atoms with Crippen LogP contribution < -0.4 is 10.0 Å². The molecule has 0 radical (unpaired) electrons. The van der Waals surface area contributed by atoms with Crippen LogP contribution in [0.5, 0.6) is 0 Å². The average Bonchev–Trinajstić information content (AvgIpc) is 2.44. The van der Waals surface area contributed by atoms with Crippen LogP contribution in [0.4, 0.5) is 5.69 Å². The van der Waals surface area contributed by atoms with Crippen LogP contribution in [-0.4, -0.2) is 57.5 Å². The molecule has 1 atom stereocenters. The Balaban J connectivity index is 3.10. The molecule has 1 aromatic rings. The lowest BCUT2D eigenvalue weighted by molar-refractivity contribution is 0.0697. The van der Waals surface area contributed by atoms with Crippen molar-refractivity contribution in [1.82, 2.24) is 4.72 Å². The zero-order valence-corrected chi connectivity index (χ0v) is 13.2. The third-order valence-electron chi connectivity index (χ3n) is 2.73. The lowest BCUT2D eigenvalue weighted by atomic mass is 10.2. The second-order valence-corrected chi connectivity index (χ2v) is 6.35. The van der Waals surface area contributed by atoms with E-state index >= 15 is 0 Å². The van der Waals surface area contributed by atoms with Crippen molar-refractivity contribution in [1.29, 1.82) is 0 Å². The van der Waals surface area contributed by atoms with Crippen molar-refractivity contribution in [2.75, 3.05) is 32.2 Å². The molecule has 9 heteroatoms. The summed E-state index contributed by atoms with van der Waals surface area (Å²) in [5.41, 5.74) is 0.0566. The highest BCUT2D eigenvalue weighted by Gasteiger charge is 2.20. The number of carboxylic acid groups (broad SMARTS) is 1. The molecular weight excluding hydrogens is 312 g/mol. The monoisotopic (exact) mass is 332 g/mol. The smallest absolute Gasteiger partial charge is 0.337 e. The maximum atomic E-state index is 12.2. The van der Waals surface area contributed by atoms with E-state index in [1.165, 1.54) is 19.2 Å². The zero-order chi connectivity index (χ0) is 16.8. The van der Waals surface area contributed by atoms with E-state index in [9.17, 15) is 18.3 Å². The normalized spacial score (nSPS) is 12.9. The molecule has 0 aliphatic rings. The van der Waals surface area contributed by atoms with E-state index in [4.69, 9.17) is 9.84 Å². The van der Waals surface area contributed by atoms with Crippen molar-refractivity contribution in [2.24, 2.45) is 0 Å². The highest BCUT2D eigenvalue weighted by atomic mass is 32.2. The summed E-state index contributed by atoms with van der Waals surface area (Å²) in [7, 11) is -2.39. The lowest BCUT2D eigenvalue weighted by Crippen LogP contribution is -2.35. The number of ether oxygens (including phenoxy) is 1. The predicted molar refractivity (Wildman–Crippen MR) is 80.6 cm³/mol. The zero-order valence-electron chi connectivity index (χ0n) is 12.4. The van der Waals surface area contributed by atoms with E-state index in [-0.39, 0.29) is 35.9 Å². The number of anilines is 1. The third kappa shape index (κ3) is 4.95. The Morgan fingerprint density at radius 1 is 1.41 bits per heavy atom. The van der Waals surface area contributed by atoms with Crippen LogP contribution in [0, 0.1) is 0 Å². The Bertz CT molecular complexity index is 617. The minimum atomic E-state index is -3.85. The number of nitrogens with one attached hydrogen (secondary N) is 2. The summed E-state index contributed by atoms with van der Waals surface area (Å²) in [6.45, 7) is 1.82. The van der Waals surface area contributed by atoms with E-state index in [1.54, 1.807) is 6.92 Å². The van der Waals surface area contributed by atoms with Gasteiger partial charge in [-0.3, -0.25) is 0 Å². The molecule has 1 aromatic carbocycles. The number of aromatic carboxylic acids is 1. The van der Waals surface area contributed by atoms with E-state index < -0.39 is 22.0 Å². The lowest BCUT2D eigenvalue weighted by Gasteiger charge is -2.15. The van der Waals surface area contributed by atoms with Crippen LogP contribution in [0.3, 0.4) is 0 Å². The number of benzene rings is 1. The maximum absolute atomic E-state index is 12.2. The molecule has 0 amide bonds. The molecule has 8 nitrogen and oxygen atoms in total. The van der Waals surface area contributed by atoms with E-state index in [0.717, 1.165) is 6.07 Å². The Kier molecular flexibility index (Phi) is 6.75. The van der Waals surface area contributed by atoms with Crippen LogP contribution >= 0.6 is 0 Å². The first-order valence-electron chi connectivity index (χ1n) is 6.55. The summed E-state index contributed by atoms with van der Waals surface area (Å²) in [4.78, 5) is 11.1. The molecule has 0 saturated heterocycles. The summed E-state index contributed by atoms with van der Waals surface area (Å²) in [6, 6.07) is 3.28. The number of hydrogen-bond acceptors (Lipinski definition) is 6. The highest BCUT2D eigenvalue weighted by Crippen LogP contribution is 2.20. The second kappa shape index (κ2) is 8.08. The van der Waals surface area contributed by atoms with Gasteiger partial charge in [0.1, 0.15) is 0 Å². The Labute approximate surface area is 129 Å². The molecule has 0 aliphatic carbocycles. The summed E-state index contributed by atoms with van der Waals surface area (Å²) in [5.74, 6) is -1.26. The number of hydrogen-bond donors (Lipinski definition) is 4. The Hall–Kier alpha value is -1.68. The van der Waals surface area contributed by atoms with Gasteiger partial charge in [-0.1, -0.05) is 0 Å². The largest absolute Gasteiger partial charge is 0.478 e. The molecule has 0 unspecified atom stereocenters. The number of carbonyl (C=O) groups is 1. The molecule has 0 aromatic heterocycles. The summed E-state index contributed by atoms with van der Waals surface area (Å²) in [5, 5.41) is 20.7. The maximum Gasteiger partial charge on any atom is 0.337 e. The predicted octanol–water partition coefficient (Wildman–Crippen LogP) is 0.102. The SMILES string of the molecule is COC[C@@H](C)NS(=O)(=O)c1ccc(NCCO)c(C(=O)O)c1. The van der Waals surface area contributed by atoms with Gasteiger partial charge in [-0.25, -0.2) is 17.9 Å². The van der Waals surface area contributed by atoms with Crippen LogP contribution in [0.2, 0.25) is 0 Å². The summed E-state index contributed by atoms with van der Waals surface area (Å²) >= 11 is 0. The molecule has 0 fully saturated rings. The molecule has 124 valence electrons. The van der Waals surface area contributed by atoms with Crippen molar-refractivity contribution in [2.45, 2.75) is 17.9 Å². The minimum Gasteiger partial charge on any atom is -0.478 e. The number of aliphatic hydroxyl groups is 1. The van der Waals surface area contributed by atoms with Gasteiger partial charge in [-0.15, -0.1) is 0 Å². The second-order valence-electron chi connectivity index (χ2n) is 4.64. The number of methoxy groups -OCH3 is 1. The van der Waals surface area contributed by atoms with Crippen molar-refractivity contribution >= 4 is 21.7 Å². The highest BCUT2D eigenvalue weighted by molar-refractivity contribution is 7.89. The van der Waals surface area contributed by atoms with Gasteiger partial charge >= 0.3 is 5.97 Å². The molecule has 1 rings (SSSR count). The third-order valence-corrected chi connectivity index (χ3v) is 4.32. The number of aliphatic hydroxyl groups excluding tert-OH is 1. The Morgan fingerprint density at radius 2 is 2.09 bits per heavy atom. The van der Waals surface area contributed by atoms with Gasteiger partial charge in [0.05, 0.1) is 23.7 Å². The van der Waals surface area contributed by atoms with Gasteiger partial charge in [0.15, 0.2) is 0 Å². The first kappa shape index (κ1) is 18.4. The molecule has 0 saturated carbocycles. The molecule has 0 aliphatic heterocycles. The van der Waals surface area contributed by atoms with E-state index in [2.05, 4.69) is 10.0 Å². The minimum absolute atomic E-state index is 0.151. The van der Waals surface area contributed by atoms with Crippen LogP contribution in [0.25, 0.3) is 0 Å². The molecule has 0 spiro atoms. The quantitative estimate of drug-likeness (QED) is 0.505. The van der Waals surface area contributed by atoms with E-state index in [0.29, 0.717) is 0 Å². The number of rotatable bonds is 9. The van der Waals surface area contributed by atoms with Gasteiger partial charge in [-0.05, 0) is 25.1 Å². The summed E-state index contributed by atoms with van der Waals surface area (Å²) in [6.07, 6.45) is 0. The van der Waals surface area contributed by atoms with Crippen molar-refractivity contribution in [3.05, 3.63) is 23.8 Å². The van der Waals surface area contributed by atoms with Crippen molar-refractivity contribution < 1.29 is 28.2 Å². The number of sulfonamides is 1. The topological polar surface area (TPSA) is 125 Å². The van der Waals surface area contributed by atoms with E-state index in [1.807, 2.05) is 0 Å². The molecule has 0 heterocycles. The number of carboxylic acids is 1. The fourth-order valence-electron chi connectivity index (χ4n) is 1.83. The molecular formula is C13H20N2O6S. The van der Waals surface area contributed by atoms with Crippen molar-refractivity contribution in [3.63, 3.8) is 0 Å². The van der Waals surface area contributed by atoms with Gasteiger partial charge in [0, 0.05) is 25.4 Å². The van der Waals surface area contributed by atoms with Gasteiger partial charge in [0.25, 0.3) is 0 Å². The van der Waals surface area contributed by atoms with Crippen molar-refractivity contribution in [3.8, 4) is 0 Å². The first-order chi connectivity index (χ1) is 10.3. The fraction of sp³-hybridized carbons (Fsp3) is 0.462. The molecule has 22 heavy (non-hydrogen) atoms. The van der Waals surface area contributed by atoms with Crippen LogP contribution in [0.15, 0.2) is 23.1 Å². The fourth-order valence-corrected chi connectivity index (χ4v) is 3.08. The molecule has 0 bridgehead atoms. The first-order valence-corrected chi connectivity index (χ1v) is 8.03. The van der Waals surface area contributed by atoms with Crippen LogP contribution in [-0.2, 0) is 14.8 Å². The molecule has 4 N–H and O–H groups in total. The van der Waals surface area contributed by atoms with Gasteiger partial charge in [-0.2, -0.15) is 0 Å². The van der Waals surface area contributed by atoms with Crippen LogP contribution in [0.1, 0.15) is 17.3 Å². The summed E-state index contributed by atoms with van der Waals surface area (Å²) < 4.78 is 31.6. The van der Waals surface area contributed by atoms with Gasteiger partial charge < -0.3 is 20.3 Å².